The smallest absolute Gasteiger partial charge is 0.224 e. The molecule has 4 rings (SSSR count). The highest BCUT2D eigenvalue weighted by Gasteiger charge is 2.22. The Hall–Kier alpha value is -2.96. The van der Waals surface area contributed by atoms with Crippen LogP contribution in [0, 0.1) is 0 Å². The lowest BCUT2D eigenvalue weighted by atomic mass is 9.88. The molecule has 0 saturated carbocycles. The van der Waals surface area contributed by atoms with Crippen LogP contribution in [0.1, 0.15) is 41.9 Å². The molecule has 0 aromatic heterocycles. The van der Waals surface area contributed by atoms with Crippen LogP contribution in [0.2, 0.25) is 0 Å². The molecule has 1 saturated heterocycles. The zero-order valence-electron chi connectivity index (χ0n) is 20.3. The minimum Gasteiger partial charge on any atom is -0.353 e. The van der Waals surface area contributed by atoms with E-state index in [0.29, 0.717) is 5.92 Å². The van der Waals surface area contributed by atoms with Gasteiger partial charge < -0.3 is 10.2 Å². The van der Waals surface area contributed by atoms with Crippen molar-refractivity contribution in [2.45, 2.75) is 42.5 Å². The summed E-state index contributed by atoms with van der Waals surface area (Å²) < 4.78 is 23.2. The molecule has 0 aliphatic carbocycles. The lowest BCUT2D eigenvalue weighted by molar-refractivity contribution is -0.121. The molecule has 1 heterocycles. The van der Waals surface area contributed by atoms with E-state index in [2.05, 4.69) is 70.9 Å². The topological polar surface area (TPSA) is 66.5 Å². The van der Waals surface area contributed by atoms with E-state index in [1.165, 1.54) is 17.4 Å². The van der Waals surface area contributed by atoms with Crippen molar-refractivity contribution in [1.82, 2.24) is 10.2 Å². The first-order valence-electron chi connectivity index (χ1n) is 12.3. The largest absolute Gasteiger partial charge is 0.353 e. The molecule has 0 radical (unpaired) electrons. The molecule has 3 aromatic rings. The number of nitrogens with zero attached hydrogens (tertiary/aromatic N) is 1. The predicted octanol–water partition coefficient (Wildman–Crippen LogP) is 4.44. The standard InChI is InChI=1S/C29H34N2O3S/c1-35(33,34)27-14-12-23(13-15-27)22-29(32)30-26-16-19-31(20-17-26)21-18-28(24-8-4-2-5-9-24)25-10-6-3-7-11-25/h2-15,26,28H,16-22H2,1H3,(H,30,32). The fraction of sp³-hybridized carbons (Fsp3) is 0.345. The van der Waals surface area contributed by atoms with E-state index in [0.717, 1.165) is 44.5 Å². The van der Waals surface area contributed by atoms with Gasteiger partial charge in [0.2, 0.25) is 5.91 Å². The van der Waals surface area contributed by atoms with Gasteiger partial charge in [0.05, 0.1) is 11.3 Å². The molecule has 0 atom stereocenters. The maximum atomic E-state index is 12.5. The van der Waals surface area contributed by atoms with Crippen LogP contribution in [-0.4, -0.2) is 51.2 Å². The number of carbonyl (C=O) groups excluding carboxylic acids is 1. The summed E-state index contributed by atoms with van der Waals surface area (Å²) in [6, 6.07) is 28.2. The summed E-state index contributed by atoms with van der Waals surface area (Å²) in [5.74, 6) is 0.368. The molecule has 1 aliphatic rings. The van der Waals surface area contributed by atoms with Crippen LogP contribution in [0.15, 0.2) is 89.8 Å². The summed E-state index contributed by atoms with van der Waals surface area (Å²) in [5, 5.41) is 3.17. The summed E-state index contributed by atoms with van der Waals surface area (Å²) in [6.07, 6.45) is 4.40. The maximum absolute atomic E-state index is 12.5. The number of sulfone groups is 1. The molecule has 5 nitrogen and oxygen atoms in total. The van der Waals surface area contributed by atoms with E-state index in [-0.39, 0.29) is 23.3 Å². The van der Waals surface area contributed by atoms with E-state index < -0.39 is 9.84 Å². The first-order chi connectivity index (χ1) is 16.9. The highest BCUT2D eigenvalue weighted by molar-refractivity contribution is 7.90. The number of nitrogens with one attached hydrogen (secondary N) is 1. The Morgan fingerprint density at radius 3 is 1.94 bits per heavy atom. The number of rotatable bonds is 9. The first kappa shape index (κ1) is 25.1. The average molecular weight is 491 g/mol. The van der Waals surface area contributed by atoms with Gasteiger partial charge in [-0.3, -0.25) is 4.79 Å². The van der Waals surface area contributed by atoms with E-state index in [1.807, 2.05) is 0 Å². The molecule has 1 N–H and O–H groups in total. The summed E-state index contributed by atoms with van der Waals surface area (Å²) in [7, 11) is -3.22. The zero-order valence-corrected chi connectivity index (χ0v) is 21.1. The van der Waals surface area contributed by atoms with Gasteiger partial charge in [-0.1, -0.05) is 72.8 Å². The Labute approximate surface area is 209 Å². The van der Waals surface area contributed by atoms with Gasteiger partial charge in [0, 0.05) is 31.3 Å². The molecular formula is C29H34N2O3S. The van der Waals surface area contributed by atoms with Crippen molar-refractivity contribution in [3.05, 3.63) is 102 Å². The number of likely N-dealkylation sites (tertiary alicyclic amines) is 1. The molecular weight excluding hydrogens is 456 g/mol. The molecule has 3 aromatic carbocycles. The Balaban J connectivity index is 1.25. The molecule has 0 bridgehead atoms. The molecule has 0 unspecified atom stereocenters. The van der Waals surface area contributed by atoms with Crippen LogP contribution < -0.4 is 5.32 Å². The van der Waals surface area contributed by atoms with Crippen molar-refractivity contribution in [1.29, 1.82) is 0 Å². The second kappa shape index (κ2) is 11.6. The van der Waals surface area contributed by atoms with E-state index in [4.69, 9.17) is 0 Å². The van der Waals surface area contributed by atoms with Crippen LogP contribution in [0.5, 0.6) is 0 Å². The van der Waals surface area contributed by atoms with Crippen LogP contribution in [0.4, 0.5) is 0 Å². The van der Waals surface area contributed by atoms with Crippen molar-refractivity contribution < 1.29 is 13.2 Å². The van der Waals surface area contributed by atoms with Gasteiger partial charge in [-0.15, -0.1) is 0 Å². The average Bonchev–Trinajstić information content (AvgIpc) is 2.86. The molecule has 0 spiro atoms. The summed E-state index contributed by atoms with van der Waals surface area (Å²) >= 11 is 0. The van der Waals surface area contributed by atoms with Gasteiger partial charge >= 0.3 is 0 Å². The van der Waals surface area contributed by atoms with Crippen molar-refractivity contribution in [2.75, 3.05) is 25.9 Å². The van der Waals surface area contributed by atoms with Crippen molar-refractivity contribution in [3.8, 4) is 0 Å². The Morgan fingerprint density at radius 2 is 1.43 bits per heavy atom. The van der Waals surface area contributed by atoms with Crippen molar-refractivity contribution in [2.24, 2.45) is 0 Å². The van der Waals surface area contributed by atoms with Crippen LogP contribution in [-0.2, 0) is 21.1 Å². The van der Waals surface area contributed by atoms with Crippen LogP contribution in [0.25, 0.3) is 0 Å². The molecule has 6 heteroatoms. The summed E-state index contributed by atoms with van der Waals surface area (Å²) in [4.78, 5) is 15.3. The normalized spacial score (nSPS) is 15.3. The fourth-order valence-electron chi connectivity index (χ4n) is 4.83. The number of hydrogen-bond acceptors (Lipinski definition) is 4. The minimum atomic E-state index is -3.22. The molecule has 1 fully saturated rings. The predicted molar refractivity (Wildman–Crippen MR) is 140 cm³/mol. The van der Waals surface area contributed by atoms with E-state index in [9.17, 15) is 13.2 Å². The van der Waals surface area contributed by atoms with Crippen LogP contribution in [0.3, 0.4) is 0 Å². The number of carbonyl (C=O) groups is 1. The lowest BCUT2D eigenvalue weighted by Crippen LogP contribution is -2.45. The van der Waals surface area contributed by atoms with E-state index in [1.54, 1.807) is 24.3 Å². The van der Waals surface area contributed by atoms with Gasteiger partial charge in [0.1, 0.15) is 0 Å². The first-order valence-corrected chi connectivity index (χ1v) is 14.2. The van der Waals surface area contributed by atoms with Gasteiger partial charge in [0.15, 0.2) is 9.84 Å². The zero-order chi connectivity index (χ0) is 24.7. The van der Waals surface area contributed by atoms with Gasteiger partial charge in [0.25, 0.3) is 0 Å². The number of hydrogen-bond donors (Lipinski definition) is 1. The lowest BCUT2D eigenvalue weighted by Gasteiger charge is -2.33. The third-order valence-electron chi connectivity index (χ3n) is 6.81. The van der Waals surface area contributed by atoms with Crippen molar-refractivity contribution in [3.63, 3.8) is 0 Å². The molecule has 35 heavy (non-hydrogen) atoms. The number of amides is 1. The highest BCUT2D eigenvalue weighted by Crippen LogP contribution is 2.28. The molecule has 1 aliphatic heterocycles. The molecule has 184 valence electrons. The van der Waals surface area contributed by atoms with Gasteiger partial charge in [-0.05, 0) is 54.6 Å². The Bertz CT molecular complexity index is 1150. The van der Waals surface area contributed by atoms with Crippen molar-refractivity contribution >= 4 is 15.7 Å². The van der Waals surface area contributed by atoms with E-state index >= 15 is 0 Å². The third kappa shape index (κ3) is 7.26. The number of piperidine rings is 1. The second-order valence-electron chi connectivity index (χ2n) is 9.44. The Morgan fingerprint density at radius 1 is 0.886 bits per heavy atom. The van der Waals surface area contributed by atoms with Gasteiger partial charge in [-0.2, -0.15) is 0 Å². The fourth-order valence-corrected chi connectivity index (χ4v) is 5.46. The maximum Gasteiger partial charge on any atom is 0.224 e. The highest BCUT2D eigenvalue weighted by atomic mass is 32.2. The number of benzene rings is 3. The second-order valence-corrected chi connectivity index (χ2v) is 11.5. The van der Waals surface area contributed by atoms with Crippen LogP contribution >= 0.6 is 0 Å². The van der Waals surface area contributed by atoms with Gasteiger partial charge in [-0.25, -0.2) is 8.42 Å². The minimum absolute atomic E-state index is 0.0104. The quantitative estimate of drug-likeness (QED) is 0.482. The SMILES string of the molecule is CS(=O)(=O)c1ccc(CC(=O)NC2CCN(CCC(c3ccccc3)c3ccccc3)CC2)cc1. The summed E-state index contributed by atoms with van der Waals surface area (Å²) in [6.45, 7) is 2.98. The Kier molecular flexibility index (Phi) is 8.37. The third-order valence-corrected chi connectivity index (χ3v) is 7.94. The monoisotopic (exact) mass is 490 g/mol. The molecule has 1 amide bonds. The summed E-state index contributed by atoms with van der Waals surface area (Å²) in [5.41, 5.74) is 3.52.